The first-order chi connectivity index (χ1) is 13.4. The standard InChI is InChI=1S/C22H17N3O3/c1-12-8-15-11-17(13-4-2-5-14(10-13)20(23)26)22(28)25-19(15)18(9-12)16-6-3-7-24-21(16)27/h2-11H,1H3,(H2,23,26)(H,24,27)(H,25,28). The van der Waals surface area contributed by atoms with Crippen LogP contribution in [0.1, 0.15) is 15.9 Å². The molecule has 0 aliphatic rings. The predicted octanol–water partition coefficient (Wildman–Crippen LogP) is 2.96. The van der Waals surface area contributed by atoms with E-state index in [-0.39, 0.29) is 11.1 Å². The van der Waals surface area contributed by atoms with Crippen molar-refractivity contribution in [1.82, 2.24) is 9.97 Å². The van der Waals surface area contributed by atoms with E-state index in [1.807, 2.05) is 19.1 Å². The first-order valence-corrected chi connectivity index (χ1v) is 8.70. The number of aryl methyl sites for hydroxylation is 1. The average molecular weight is 371 g/mol. The van der Waals surface area contributed by atoms with Gasteiger partial charge in [0.2, 0.25) is 5.91 Å². The van der Waals surface area contributed by atoms with Crippen molar-refractivity contribution in [2.45, 2.75) is 6.92 Å². The Morgan fingerprint density at radius 2 is 1.71 bits per heavy atom. The number of fused-ring (bicyclic) bond motifs is 1. The lowest BCUT2D eigenvalue weighted by Crippen LogP contribution is -2.13. The summed E-state index contributed by atoms with van der Waals surface area (Å²) in [6.45, 7) is 1.93. The average Bonchev–Trinajstić information content (AvgIpc) is 2.68. The van der Waals surface area contributed by atoms with Crippen molar-refractivity contribution >= 4 is 16.8 Å². The van der Waals surface area contributed by atoms with E-state index in [1.165, 1.54) is 0 Å². The minimum Gasteiger partial charge on any atom is -0.366 e. The van der Waals surface area contributed by atoms with Gasteiger partial charge in [0.25, 0.3) is 11.1 Å². The normalized spacial score (nSPS) is 10.9. The number of carbonyl (C=O) groups is 1. The molecule has 0 atom stereocenters. The third kappa shape index (κ3) is 3.01. The molecule has 0 aliphatic carbocycles. The molecule has 4 N–H and O–H groups in total. The molecule has 0 fully saturated rings. The molecule has 2 heterocycles. The second-order valence-electron chi connectivity index (χ2n) is 6.65. The van der Waals surface area contributed by atoms with Crippen LogP contribution in [0.3, 0.4) is 0 Å². The summed E-state index contributed by atoms with van der Waals surface area (Å²) >= 11 is 0. The van der Waals surface area contributed by atoms with Crippen LogP contribution in [0.25, 0.3) is 33.2 Å². The molecule has 0 radical (unpaired) electrons. The van der Waals surface area contributed by atoms with E-state index in [1.54, 1.807) is 48.7 Å². The highest BCUT2D eigenvalue weighted by molar-refractivity contribution is 5.97. The van der Waals surface area contributed by atoms with Crippen LogP contribution in [0.4, 0.5) is 0 Å². The fraction of sp³-hybridized carbons (Fsp3) is 0.0455. The lowest BCUT2D eigenvalue weighted by Gasteiger charge is -2.10. The highest BCUT2D eigenvalue weighted by atomic mass is 16.1. The number of carbonyl (C=O) groups excluding carboxylic acids is 1. The van der Waals surface area contributed by atoms with Crippen molar-refractivity contribution in [2.75, 3.05) is 0 Å². The molecule has 0 unspecified atom stereocenters. The lowest BCUT2D eigenvalue weighted by molar-refractivity contribution is 0.100. The fourth-order valence-electron chi connectivity index (χ4n) is 3.37. The monoisotopic (exact) mass is 371 g/mol. The second kappa shape index (κ2) is 6.66. The number of nitrogens with two attached hydrogens (primary N) is 1. The van der Waals surface area contributed by atoms with E-state index in [2.05, 4.69) is 9.97 Å². The Labute approximate surface area is 159 Å². The predicted molar refractivity (Wildman–Crippen MR) is 109 cm³/mol. The van der Waals surface area contributed by atoms with Crippen LogP contribution in [-0.4, -0.2) is 15.9 Å². The van der Waals surface area contributed by atoms with Gasteiger partial charge >= 0.3 is 0 Å². The number of hydrogen-bond acceptors (Lipinski definition) is 3. The number of hydrogen-bond donors (Lipinski definition) is 3. The van der Waals surface area contributed by atoms with Gasteiger partial charge < -0.3 is 15.7 Å². The Morgan fingerprint density at radius 1 is 0.893 bits per heavy atom. The number of rotatable bonds is 3. The molecule has 6 heteroatoms. The largest absolute Gasteiger partial charge is 0.366 e. The van der Waals surface area contributed by atoms with Crippen LogP contribution in [0.5, 0.6) is 0 Å². The summed E-state index contributed by atoms with van der Waals surface area (Å²) in [5.74, 6) is -0.555. The van der Waals surface area contributed by atoms with Gasteiger partial charge in [0.15, 0.2) is 0 Å². The zero-order valence-corrected chi connectivity index (χ0v) is 15.1. The molecule has 0 saturated heterocycles. The Bertz CT molecular complexity index is 1350. The van der Waals surface area contributed by atoms with Gasteiger partial charge in [0.05, 0.1) is 5.52 Å². The number of nitrogens with one attached hydrogen (secondary N) is 2. The Balaban J connectivity index is 2.00. The Morgan fingerprint density at radius 3 is 2.46 bits per heavy atom. The molecule has 0 spiro atoms. The molecule has 28 heavy (non-hydrogen) atoms. The topological polar surface area (TPSA) is 109 Å². The number of aromatic nitrogens is 2. The quantitative estimate of drug-likeness (QED) is 0.515. The molecule has 0 aliphatic heterocycles. The molecule has 2 aromatic carbocycles. The van der Waals surface area contributed by atoms with Gasteiger partial charge in [0, 0.05) is 28.5 Å². The minimum atomic E-state index is -0.555. The van der Waals surface area contributed by atoms with Gasteiger partial charge in [-0.1, -0.05) is 12.1 Å². The smallest absolute Gasteiger partial charge is 0.256 e. The first-order valence-electron chi connectivity index (χ1n) is 8.70. The van der Waals surface area contributed by atoms with Crippen molar-refractivity contribution in [3.8, 4) is 22.3 Å². The van der Waals surface area contributed by atoms with E-state index in [9.17, 15) is 14.4 Å². The van der Waals surface area contributed by atoms with E-state index in [0.717, 1.165) is 10.9 Å². The van der Waals surface area contributed by atoms with Crippen molar-refractivity contribution in [3.05, 3.63) is 92.6 Å². The van der Waals surface area contributed by atoms with Crippen LogP contribution in [0.2, 0.25) is 0 Å². The number of benzene rings is 2. The molecule has 2 aromatic heterocycles. The van der Waals surface area contributed by atoms with Gasteiger partial charge in [-0.15, -0.1) is 0 Å². The van der Waals surface area contributed by atoms with Crippen LogP contribution in [0, 0.1) is 6.92 Å². The van der Waals surface area contributed by atoms with E-state index >= 15 is 0 Å². The second-order valence-corrected chi connectivity index (χ2v) is 6.65. The molecular formula is C22H17N3O3. The molecule has 4 rings (SSSR count). The zero-order valence-electron chi connectivity index (χ0n) is 15.1. The summed E-state index contributed by atoms with van der Waals surface area (Å²) in [7, 11) is 0. The van der Waals surface area contributed by atoms with E-state index < -0.39 is 5.91 Å². The van der Waals surface area contributed by atoms with Crippen molar-refractivity contribution in [1.29, 1.82) is 0 Å². The highest BCUT2D eigenvalue weighted by Gasteiger charge is 2.13. The van der Waals surface area contributed by atoms with E-state index in [4.69, 9.17) is 5.73 Å². The van der Waals surface area contributed by atoms with Crippen molar-refractivity contribution < 1.29 is 4.79 Å². The van der Waals surface area contributed by atoms with Crippen LogP contribution >= 0.6 is 0 Å². The lowest BCUT2D eigenvalue weighted by atomic mass is 9.97. The molecule has 138 valence electrons. The summed E-state index contributed by atoms with van der Waals surface area (Å²) in [5.41, 5.74) is 8.84. The van der Waals surface area contributed by atoms with Gasteiger partial charge in [-0.05, 0) is 65.9 Å². The highest BCUT2D eigenvalue weighted by Crippen LogP contribution is 2.28. The van der Waals surface area contributed by atoms with Gasteiger partial charge in [-0.3, -0.25) is 14.4 Å². The van der Waals surface area contributed by atoms with Gasteiger partial charge in [-0.25, -0.2) is 0 Å². The maximum Gasteiger partial charge on any atom is 0.256 e. The SMILES string of the molecule is Cc1cc(-c2ccc[nH]c2=O)c2[nH]c(=O)c(-c3cccc(C(N)=O)c3)cc2c1. The summed E-state index contributed by atoms with van der Waals surface area (Å²) in [6.07, 6.45) is 1.57. The Kier molecular flexibility index (Phi) is 4.16. The first kappa shape index (κ1) is 17.5. The molecule has 6 nitrogen and oxygen atoms in total. The molecular weight excluding hydrogens is 354 g/mol. The van der Waals surface area contributed by atoms with Crippen molar-refractivity contribution in [2.24, 2.45) is 5.73 Å². The zero-order chi connectivity index (χ0) is 19.8. The molecule has 1 amide bonds. The number of primary amides is 1. The maximum absolute atomic E-state index is 12.8. The third-order valence-electron chi connectivity index (χ3n) is 4.66. The van der Waals surface area contributed by atoms with Crippen LogP contribution < -0.4 is 16.9 Å². The number of aromatic amines is 2. The minimum absolute atomic E-state index is 0.228. The van der Waals surface area contributed by atoms with Gasteiger partial charge in [0.1, 0.15) is 0 Å². The maximum atomic E-state index is 12.8. The van der Waals surface area contributed by atoms with Gasteiger partial charge in [-0.2, -0.15) is 0 Å². The summed E-state index contributed by atoms with van der Waals surface area (Å²) in [4.78, 5) is 42.1. The number of pyridine rings is 2. The third-order valence-corrected chi connectivity index (χ3v) is 4.66. The summed E-state index contributed by atoms with van der Waals surface area (Å²) in [6, 6.07) is 15.7. The molecule has 4 aromatic rings. The van der Waals surface area contributed by atoms with Crippen molar-refractivity contribution in [3.63, 3.8) is 0 Å². The number of amides is 1. The van der Waals surface area contributed by atoms with E-state index in [0.29, 0.717) is 33.3 Å². The number of H-pyrrole nitrogens is 2. The summed E-state index contributed by atoms with van der Waals surface area (Å²) in [5, 5.41) is 0.789. The van der Waals surface area contributed by atoms with Crippen LogP contribution in [-0.2, 0) is 0 Å². The summed E-state index contributed by atoms with van der Waals surface area (Å²) < 4.78 is 0. The molecule has 0 bridgehead atoms. The van der Waals surface area contributed by atoms with Crippen LogP contribution in [0.15, 0.2) is 70.4 Å². The fourth-order valence-corrected chi connectivity index (χ4v) is 3.37. The Hall–Kier alpha value is -3.93. The molecule has 0 saturated carbocycles.